The van der Waals surface area contributed by atoms with Crippen LogP contribution < -0.4 is 5.32 Å². The Kier molecular flexibility index (Phi) is 14.4. The lowest BCUT2D eigenvalue weighted by Gasteiger charge is -2.49. The van der Waals surface area contributed by atoms with Crippen molar-refractivity contribution in [2.45, 2.75) is 118 Å². The summed E-state index contributed by atoms with van der Waals surface area (Å²) in [5.74, 6) is -1.46. The molecule has 0 aromatic heterocycles. The molecule has 268 valence electrons. The predicted octanol–water partition coefficient (Wildman–Crippen LogP) is -7.22. The number of hydrogen-bond donors (Lipinski definition) is 13. The van der Waals surface area contributed by atoms with Gasteiger partial charge in [-0.1, -0.05) is 0 Å². The first-order valence-electron chi connectivity index (χ1n) is 14.5. The van der Waals surface area contributed by atoms with Gasteiger partial charge in [-0.05, 0) is 13.0 Å². The second-order valence-electron chi connectivity index (χ2n) is 11.2. The average Bonchev–Trinajstić information content (AvgIpc) is 3.02. The Labute approximate surface area is 262 Å². The molecule has 13 N–H and O–H groups in total. The monoisotopic (exact) mass is 675 g/mol. The van der Waals surface area contributed by atoms with Crippen LogP contribution in [-0.4, -0.2) is 198 Å². The number of hydrogen-bond acceptors (Lipinski definition) is 19. The molecule has 0 aromatic rings. The number of nitrogens with one attached hydrogen (secondary N) is 1. The maximum atomic E-state index is 12.0. The van der Waals surface area contributed by atoms with Crippen LogP contribution in [-0.2, 0) is 33.2 Å². The van der Waals surface area contributed by atoms with Crippen molar-refractivity contribution in [3.63, 3.8) is 0 Å². The molecule has 3 fully saturated rings. The summed E-state index contributed by atoms with van der Waals surface area (Å²) in [4.78, 5) is 12.0. The van der Waals surface area contributed by atoms with Crippen LogP contribution in [0.2, 0.25) is 0 Å². The molecular formula is C26H45NO19. The van der Waals surface area contributed by atoms with E-state index in [0.717, 1.165) is 13.0 Å². The van der Waals surface area contributed by atoms with E-state index in [9.17, 15) is 61.0 Å². The van der Waals surface area contributed by atoms with Crippen molar-refractivity contribution in [1.82, 2.24) is 5.32 Å². The Morgan fingerprint density at radius 3 is 1.98 bits per heavy atom. The molecule has 0 radical (unpaired) electrons. The third kappa shape index (κ3) is 9.06. The second kappa shape index (κ2) is 17.1. The highest BCUT2D eigenvalue weighted by atomic mass is 16.8. The van der Waals surface area contributed by atoms with Gasteiger partial charge in [0, 0.05) is 6.92 Å². The minimum absolute atomic E-state index is 0.691. The van der Waals surface area contributed by atoms with Crippen LogP contribution >= 0.6 is 0 Å². The molecule has 3 aliphatic rings. The van der Waals surface area contributed by atoms with Crippen LogP contribution in [0, 0.1) is 0 Å². The van der Waals surface area contributed by atoms with E-state index in [1.165, 1.54) is 6.92 Å². The maximum Gasteiger partial charge on any atom is 0.217 e. The van der Waals surface area contributed by atoms with Gasteiger partial charge in [0.25, 0.3) is 0 Å². The average molecular weight is 676 g/mol. The van der Waals surface area contributed by atoms with Gasteiger partial charge in [0.05, 0.1) is 38.6 Å². The largest absolute Gasteiger partial charge is 0.510 e. The summed E-state index contributed by atoms with van der Waals surface area (Å²) < 4.78 is 33.7. The van der Waals surface area contributed by atoms with Gasteiger partial charge in [0.2, 0.25) is 5.91 Å². The fraction of sp³-hybridized carbons (Fsp3) is 0.885. The summed E-state index contributed by atoms with van der Waals surface area (Å²) in [6.45, 7) is -0.688. The maximum absolute atomic E-state index is 12.0. The first-order chi connectivity index (χ1) is 21.6. The molecule has 0 spiro atoms. The second-order valence-corrected chi connectivity index (χ2v) is 11.2. The van der Waals surface area contributed by atoms with Gasteiger partial charge in [0.1, 0.15) is 78.9 Å². The molecule has 1 amide bonds. The van der Waals surface area contributed by atoms with Crippen LogP contribution in [0.25, 0.3) is 0 Å². The van der Waals surface area contributed by atoms with E-state index in [1.54, 1.807) is 0 Å². The summed E-state index contributed by atoms with van der Waals surface area (Å²) >= 11 is 0. The summed E-state index contributed by atoms with van der Waals surface area (Å²) in [6.07, 6.45) is -25.5. The lowest BCUT2D eigenvalue weighted by molar-refractivity contribution is -0.383. The van der Waals surface area contributed by atoms with E-state index in [0.29, 0.717) is 0 Å². The van der Waals surface area contributed by atoms with Crippen LogP contribution in [0.15, 0.2) is 11.8 Å². The van der Waals surface area contributed by atoms with E-state index in [4.69, 9.17) is 33.5 Å². The zero-order chi connectivity index (χ0) is 34.5. The van der Waals surface area contributed by atoms with E-state index >= 15 is 0 Å². The van der Waals surface area contributed by atoms with Crippen molar-refractivity contribution in [3.8, 4) is 0 Å². The number of rotatable bonds is 13. The SMILES string of the molecule is CC(=O)N[C@H]1[C@H](OCC(O)C(O)=CC(O)CO)O[C@H](CO)[C@@H](O[C@@H]2O[C@H](CO)[C@H](O)[C@H](O)[C@H]2O[C@@H]2O[C@@H](C)[C@@H](O)[C@@H](O)[C@@H]2O)[C@@H]1O. The summed E-state index contributed by atoms with van der Waals surface area (Å²) in [6, 6.07) is -1.47. The smallest absolute Gasteiger partial charge is 0.217 e. The highest BCUT2D eigenvalue weighted by molar-refractivity contribution is 5.73. The number of carbonyl (C=O) groups is 1. The number of ether oxygens (including phenoxy) is 6. The van der Waals surface area contributed by atoms with Crippen molar-refractivity contribution >= 4 is 5.91 Å². The molecule has 0 saturated carbocycles. The quantitative estimate of drug-likeness (QED) is 0.0806. The Bertz CT molecular complexity index is 991. The molecule has 0 bridgehead atoms. The van der Waals surface area contributed by atoms with Gasteiger partial charge >= 0.3 is 0 Å². The van der Waals surface area contributed by atoms with Gasteiger partial charge in [-0.2, -0.15) is 0 Å². The van der Waals surface area contributed by atoms with E-state index in [1.807, 2.05) is 0 Å². The van der Waals surface area contributed by atoms with E-state index in [2.05, 4.69) is 5.32 Å². The molecule has 0 aromatic carbocycles. The van der Waals surface area contributed by atoms with Crippen LogP contribution in [0.1, 0.15) is 13.8 Å². The molecule has 2 unspecified atom stereocenters. The summed E-state index contributed by atoms with van der Waals surface area (Å²) in [7, 11) is 0. The van der Waals surface area contributed by atoms with E-state index < -0.39 is 142 Å². The fourth-order valence-corrected chi connectivity index (χ4v) is 5.14. The van der Waals surface area contributed by atoms with Crippen LogP contribution in [0.3, 0.4) is 0 Å². The molecule has 20 nitrogen and oxygen atoms in total. The molecule has 46 heavy (non-hydrogen) atoms. The third-order valence-electron chi connectivity index (χ3n) is 7.75. The predicted molar refractivity (Wildman–Crippen MR) is 145 cm³/mol. The highest BCUT2D eigenvalue weighted by Gasteiger charge is 2.54. The minimum atomic E-state index is -1.89. The number of aliphatic hydroxyl groups is 12. The van der Waals surface area contributed by atoms with Crippen LogP contribution in [0.4, 0.5) is 0 Å². The molecule has 3 aliphatic heterocycles. The molecule has 0 aliphatic carbocycles. The zero-order valence-corrected chi connectivity index (χ0v) is 24.9. The van der Waals surface area contributed by atoms with Crippen molar-refractivity contribution < 1.29 is 94.5 Å². The number of amides is 1. The Hall–Kier alpha value is -1.67. The van der Waals surface area contributed by atoms with E-state index in [-0.39, 0.29) is 0 Å². The lowest BCUT2D eigenvalue weighted by atomic mass is 9.95. The topological polar surface area (TPSA) is 327 Å². The van der Waals surface area contributed by atoms with Crippen LogP contribution in [0.5, 0.6) is 0 Å². The summed E-state index contributed by atoms with van der Waals surface area (Å²) in [5, 5.41) is 124. The zero-order valence-electron chi connectivity index (χ0n) is 24.9. The van der Waals surface area contributed by atoms with Gasteiger partial charge in [-0.25, -0.2) is 0 Å². The molecule has 17 atom stereocenters. The van der Waals surface area contributed by atoms with Crippen molar-refractivity contribution in [2.75, 3.05) is 26.4 Å². The molecule has 3 heterocycles. The normalized spacial score (nSPS) is 43.6. The number of aliphatic hydroxyl groups excluding tert-OH is 12. The van der Waals surface area contributed by atoms with Crippen molar-refractivity contribution in [3.05, 3.63) is 11.8 Å². The van der Waals surface area contributed by atoms with Gasteiger partial charge < -0.3 is 95.0 Å². The van der Waals surface area contributed by atoms with Gasteiger partial charge in [-0.3, -0.25) is 4.79 Å². The Morgan fingerprint density at radius 2 is 1.39 bits per heavy atom. The standard InChI is InChI=1S/C26H45NO19/c1-8-16(35)19(38)21(40)25(42-8)46-23-20(39)17(36)13(5-29)43-26(23)45-22-14(6-30)44-24(15(18(22)37)27-9(2)31)41-7-12(34)11(33)3-10(32)4-28/h3,8,10,12-26,28-30,32-40H,4-7H2,1-2H3,(H,27,31)/t8-,10?,12?,13+,14+,15+,16+,17-,18+,19+,20-,21-,22+,23+,24+,25-,26-/m0/s1. The fourth-order valence-electron chi connectivity index (χ4n) is 5.14. The van der Waals surface area contributed by atoms with Crippen molar-refractivity contribution in [1.29, 1.82) is 0 Å². The van der Waals surface area contributed by atoms with Gasteiger partial charge in [0.15, 0.2) is 18.9 Å². The first-order valence-corrected chi connectivity index (χ1v) is 14.5. The number of carbonyl (C=O) groups excluding carboxylic acids is 1. The molecule has 3 saturated heterocycles. The first kappa shape index (κ1) is 38.8. The Balaban J connectivity index is 1.84. The minimum Gasteiger partial charge on any atom is -0.510 e. The Morgan fingerprint density at radius 1 is 0.783 bits per heavy atom. The molecular weight excluding hydrogens is 630 g/mol. The third-order valence-corrected chi connectivity index (χ3v) is 7.75. The summed E-state index contributed by atoms with van der Waals surface area (Å²) in [5.41, 5.74) is 0. The van der Waals surface area contributed by atoms with Crippen molar-refractivity contribution in [2.24, 2.45) is 0 Å². The molecule has 3 rings (SSSR count). The van der Waals surface area contributed by atoms with Gasteiger partial charge in [-0.15, -0.1) is 0 Å². The molecule has 20 heteroatoms. The lowest BCUT2D eigenvalue weighted by Crippen LogP contribution is -2.68. The highest BCUT2D eigenvalue weighted by Crippen LogP contribution is 2.33.